The van der Waals surface area contributed by atoms with Crippen LogP contribution in [0.2, 0.25) is 0 Å². The highest BCUT2D eigenvalue weighted by atomic mass is 19.1. The normalized spacial score (nSPS) is 25.0. The van der Waals surface area contributed by atoms with Crippen LogP contribution in [-0.2, 0) is 6.54 Å². The molecule has 82 valence electrons. The van der Waals surface area contributed by atoms with Crippen molar-refractivity contribution in [3.63, 3.8) is 0 Å². The molecular weight excluding hydrogens is 189 g/mol. The third-order valence-electron chi connectivity index (χ3n) is 3.20. The predicted molar refractivity (Wildman–Crippen MR) is 60.2 cm³/mol. The van der Waals surface area contributed by atoms with Gasteiger partial charge in [-0.25, -0.2) is 4.39 Å². The van der Waals surface area contributed by atoms with E-state index in [0.717, 1.165) is 23.6 Å². The lowest BCUT2D eigenvalue weighted by Gasteiger charge is -2.33. The molecule has 0 aliphatic heterocycles. The Morgan fingerprint density at radius 1 is 1.40 bits per heavy atom. The zero-order valence-corrected chi connectivity index (χ0v) is 9.39. The monoisotopic (exact) mass is 207 g/mol. The van der Waals surface area contributed by atoms with Gasteiger partial charge in [0.1, 0.15) is 5.82 Å². The molecule has 0 unspecified atom stereocenters. The standard InChI is InChI=1S/C13H18FN/c1-9-5-12(6-9)15-8-11-4-3-10(2)13(14)7-11/h3-4,7,9,12,15H,5-6,8H2,1-2H3. The third-order valence-corrected chi connectivity index (χ3v) is 3.20. The van der Waals surface area contributed by atoms with Gasteiger partial charge in [0.05, 0.1) is 0 Å². The quantitative estimate of drug-likeness (QED) is 0.803. The Morgan fingerprint density at radius 2 is 2.13 bits per heavy atom. The molecule has 2 rings (SSSR count). The van der Waals surface area contributed by atoms with Gasteiger partial charge >= 0.3 is 0 Å². The Morgan fingerprint density at radius 3 is 2.73 bits per heavy atom. The first-order valence-corrected chi connectivity index (χ1v) is 5.63. The van der Waals surface area contributed by atoms with Gasteiger partial charge in [0, 0.05) is 12.6 Å². The molecule has 0 saturated heterocycles. The number of nitrogens with one attached hydrogen (secondary N) is 1. The summed E-state index contributed by atoms with van der Waals surface area (Å²) in [6, 6.07) is 6.11. The van der Waals surface area contributed by atoms with Crippen LogP contribution in [0.5, 0.6) is 0 Å². The lowest BCUT2D eigenvalue weighted by molar-refractivity contribution is 0.240. The smallest absolute Gasteiger partial charge is 0.126 e. The number of aryl methyl sites for hydroxylation is 1. The Bertz CT molecular complexity index is 342. The summed E-state index contributed by atoms with van der Waals surface area (Å²) in [7, 11) is 0. The molecule has 0 amide bonds. The maximum absolute atomic E-state index is 13.2. The Kier molecular flexibility index (Phi) is 3.06. The van der Waals surface area contributed by atoms with Crippen LogP contribution < -0.4 is 5.32 Å². The van der Waals surface area contributed by atoms with E-state index in [0.29, 0.717) is 6.04 Å². The van der Waals surface area contributed by atoms with Crippen LogP contribution in [0.15, 0.2) is 18.2 Å². The second-order valence-electron chi connectivity index (χ2n) is 4.74. The highest BCUT2D eigenvalue weighted by Crippen LogP contribution is 2.26. The van der Waals surface area contributed by atoms with Crippen LogP contribution in [-0.4, -0.2) is 6.04 Å². The van der Waals surface area contributed by atoms with E-state index in [2.05, 4.69) is 12.2 Å². The van der Waals surface area contributed by atoms with E-state index in [9.17, 15) is 4.39 Å². The minimum Gasteiger partial charge on any atom is -0.310 e. The largest absolute Gasteiger partial charge is 0.310 e. The van der Waals surface area contributed by atoms with E-state index in [1.54, 1.807) is 13.0 Å². The second-order valence-corrected chi connectivity index (χ2v) is 4.74. The summed E-state index contributed by atoms with van der Waals surface area (Å²) in [5.74, 6) is 0.758. The fraction of sp³-hybridized carbons (Fsp3) is 0.538. The molecular formula is C13H18FN. The summed E-state index contributed by atoms with van der Waals surface area (Å²) in [6.45, 7) is 4.85. The fourth-order valence-electron chi connectivity index (χ4n) is 2.08. The zero-order chi connectivity index (χ0) is 10.8. The summed E-state index contributed by atoms with van der Waals surface area (Å²) >= 11 is 0. The van der Waals surface area contributed by atoms with E-state index in [1.165, 1.54) is 12.8 Å². The van der Waals surface area contributed by atoms with E-state index in [-0.39, 0.29) is 5.82 Å². The zero-order valence-electron chi connectivity index (χ0n) is 9.39. The van der Waals surface area contributed by atoms with E-state index in [1.807, 2.05) is 12.1 Å². The van der Waals surface area contributed by atoms with Gasteiger partial charge in [-0.05, 0) is 42.9 Å². The molecule has 1 fully saturated rings. The molecule has 0 aromatic heterocycles. The Balaban J connectivity index is 1.86. The van der Waals surface area contributed by atoms with Crippen molar-refractivity contribution < 1.29 is 4.39 Å². The molecule has 1 aromatic carbocycles. The van der Waals surface area contributed by atoms with Crippen molar-refractivity contribution in [1.82, 2.24) is 5.32 Å². The van der Waals surface area contributed by atoms with Crippen molar-refractivity contribution in [3.05, 3.63) is 35.1 Å². The van der Waals surface area contributed by atoms with Crippen molar-refractivity contribution in [1.29, 1.82) is 0 Å². The Hall–Kier alpha value is -0.890. The van der Waals surface area contributed by atoms with Crippen LogP contribution in [0.4, 0.5) is 4.39 Å². The Labute approximate surface area is 90.7 Å². The molecule has 1 N–H and O–H groups in total. The molecule has 0 spiro atoms. The lowest BCUT2D eigenvalue weighted by atomic mass is 9.82. The first-order chi connectivity index (χ1) is 7.15. The molecule has 0 atom stereocenters. The van der Waals surface area contributed by atoms with Crippen LogP contribution in [0.3, 0.4) is 0 Å². The van der Waals surface area contributed by atoms with E-state index < -0.39 is 0 Å². The molecule has 1 nitrogen and oxygen atoms in total. The van der Waals surface area contributed by atoms with Crippen molar-refractivity contribution in [3.8, 4) is 0 Å². The highest BCUT2D eigenvalue weighted by Gasteiger charge is 2.24. The number of hydrogen-bond donors (Lipinski definition) is 1. The van der Waals surface area contributed by atoms with Gasteiger partial charge in [0.15, 0.2) is 0 Å². The van der Waals surface area contributed by atoms with Gasteiger partial charge < -0.3 is 5.32 Å². The van der Waals surface area contributed by atoms with Crippen LogP contribution >= 0.6 is 0 Å². The second kappa shape index (κ2) is 4.31. The van der Waals surface area contributed by atoms with Crippen molar-refractivity contribution in [2.24, 2.45) is 5.92 Å². The molecule has 2 heteroatoms. The molecule has 0 radical (unpaired) electrons. The van der Waals surface area contributed by atoms with Gasteiger partial charge in [-0.2, -0.15) is 0 Å². The van der Waals surface area contributed by atoms with Crippen molar-refractivity contribution >= 4 is 0 Å². The third kappa shape index (κ3) is 2.57. The maximum Gasteiger partial charge on any atom is 0.126 e. The highest BCUT2D eigenvalue weighted by molar-refractivity contribution is 5.23. The first-order valence-electron chi connectivity index (χ1n) is 5.63. The van der Waals surface area contributed by atoms with Gasteiger partial charge in [0.2, 0.25) is 0 Å². The molecule has 1 aliphatic rings. The molecule has 1 aromatic rings. The lowest BCUT2D eigenvalue weighted by Crippen LogP contribution is -2.39. The molecule has 15 heavy (non-hydrogen) atoms. The van der Waals surface area contributed by atoms with E-state index >= 15 is 0 Å². The molecule has 1 saturated carbocycles. The number of hydrogen-bond acceptors (Lipinski definition) is 1. The maximum atomic E-state index is 13.2. The fourth-order valence-corrected chi connectivity index (χ4v) is 2.08. The number of halogens is 1. The van der Waals surface area contributed by atoms with Gasteiger partial charge in [-0.15, -0.1) is 0 Å². The van der Waals surface area contributed by atoms with Crippen LogP contribution in [0.1, 0.15) is 30.9 Å². The van der Waals surface area contributed by atoms with Crippen molar-refractivity contribution in [2.75, 3.05) is 0 Å². The summed E-state index contributed by atoms with van der Waals surface area (Å²) in [5, 5.41) is 3.45. The topological polar surface area (TPSA) is 12.0 Å². The number of benzene rings is 1. The van der Waals surface area contributed by atoms with Crippen LogP contribution in [0.25, 0.3) is 0 Å². The average molecular weight is 207 g/mol. The summed E-state index contributed by atoms with van der Waals surface area (Å²) in [4.78, 5) is 0. The predicted octanol–water partition coefficient (Wildman–Crippen LogP) is 3.02. The first kappa shape index (κ1) is 10.6. The molecule has 0 bridgehead atoms. The minimum atomic E-state index is -0.101. The van der Waals surface area contributed by atoms with Crippen molar-refractivity contribution in [2.45, 2.75) is 39.3 Å². The SMILES string of the molecule is Cc1ccc(CNC2CC(C)C2)cc1F. The van der Waals surface area contributed by atoms with Crippen LogP contribution in [0, 0.1) is 18.7 Å². The van der Waals surface area contributed by atoms with Gasteiger partial charge in [-0.3, -0.25) is 0 Å². The molecule has 1 aliphatic carbocycles. The van der Waals surface area contributed by atoms with E-state index in [4.69, 9.17) is 0 Å². The minimum absolute atomic E-state index is 0.101. The summed E-state index contributed by atoms with van der Waals surface area (Å²) in [6.07, 6.45) is 2.52. The number of rotatable bonds is 3. The summed E-state index contributed by atoms with van der Waals surface area (Å²) in [5.41, 5.74) is 1.76. The summed E-state index contributed by atoms with van der Waals surface area (Å²) < 4.78 is 13.2. The molecule has 0 heterocycles. The average Bonchev–Trinajstić information content (AvgIpc) is 2.16. The van der Waals surface area contributed by atoms with Gasteiger partial charge in [-0.1, -0.05) is 19.1 Å². The van der Waals surface area contributed by atoms with Gasteiger partial charge in [0.25, 0.3) is 0 Å².